The maximum atomic E-state index is 5.43. The van der Waals surface area contributed by atoms with E-state index >= 15 is 0 Å². The molecule has 0 bridgehead atoms. The van der Waals surface area contributed by atoms with E-state index in [-0.39, 0.29) is 0 Å². The molecular formula is C10H16N2. The lowest BCUT2D eigenvalue weighted by Crippen LogP contribution is -2.12. The molecule has 66 valence electrons. The highest BCUT2D eigenvalue weighted by molar-refractivity contribution is 5.57. The van der Waals surface area contributed by atoms with Crippen LogP contribution in [0.4, 0.5) is 5.69 Å². The van der Waals surface area contributed by atoms with Gasteiger partial charge in [0.1, 0.15) is 0 Å². The summed E-state index contributed by atoms with van der Waals surface area (Å²) in [5, 5.41) is 3.15. The zero-order chi connectivity index (χ0) is 9.14. The fourth-order valence-corrected chi connectivity index (χ4v) is 1.56. The summed E-state index contributed by atoms with van der Waals surface area (Å²) in [5.74, 6) is 0. The average molecular weight is 164 g/mol. The van der Waals surface area contributed by atoms with E-state index in [1.165, 1.54) is 22.4 Å². The van der Waals surface area contributed by atoms with Crippen molar-refractivity contribution in [2.24, 2.45) is 5.73 Å². The summed E-state index contributed by atoms with van der Waals surface area (Å²) >= 11 is 0. The van der Waals surface area contributed by atoms with Crippen molar-refractivity contribution in [3.8, 4) is 0 Å². The van der Waals surface area contributed by atoms with Gasteiger partial charge in [-0.3, -0.25) is 0 Å². The smallest absolute Gasteiger partial charge is 0.0628 e. The van der Waals surface area contributed by atoms with E-state index in [9.17, 15) is 0 Å². The minimum absolute atomic E-state index is 0.491. The van der Waals surface area contributed by atoms with Crippen LogP contribution in [0.3, 0.4) is 0 Å². The lowest BCUT2D eigenvalue weighted by molar-refractivity contribution is 1.12. The molecule has 1 aromatic rings. The Morgan fingerprint density at radius 1 is 1.17 bits per heavy atom. The number of aryl methyl sites for hydroxylation is 3. The van der Waals surface area contributed by atoms with Gasteiger partial charge >= 0.3 is 0 Å². The van der Waals surface area contributed by atoms with Gasteiger partial charge in [-0.25, -0.2) is 0 Å². The SMILES string of the molecule is Cc1cc(C)c(NCN)c(C)c1. The van der Waals surface area contributed by atoms with Gasteiger partial charge in [0.25, 0.3) is 0 Å². The Balaban J connectivity index is 3.10. The van der Waals surface area contributed by atoms with Gasteiger partial charge in [0.2, 0.25) is 0 Å². The molecule has 0 aliphatic rings. The topological polar surface area (TPSA) is 38.0 Å². The van der Waals surface area contributed by atoms with Crippen molar-refractivity contribution in [2.45, 2.75) is 20.8 Å². The van der Waals surface area contributed by atoms with Crippen LogP contribution < -0.4 is 11.1 Å². The van der Waals surface area contributed by atoms with E-state index in [0.29, 0.717) is 6.67 Å². The molecule has 0 aliphatic heterocycles. The summed E-state index contributed by atoms with van der Waals surface area (Å²) in [7, 11) is 0. The van der Waals surface area contributed by atoms with E-state index in [2.05, 4.69) is 38.2 Å². The second kappa shape index (κ2) is 3.59. The lowest BCUT2D eigenvalue weighted by atomic mass is 10.1. The zero-order valence-electron chi connectivity index (χ0n) is 7.94. The molecule has 0 saturated heterocycles. The molecule has 2 heteroatoms. The van der Waals surface area contributed by atoms with E-state index < -0.39 is 0 Å². The van der Waals surface area contributed by atoms with Crippen molar-refractivity contribution in [3.05, 3.63) is 28.8 Å². The van der Waals surface area contributed by atoms with Gasteiger partial charge in [-0.1, -0.05) is 17.7 Å². The quantitative estimate of drug-likeness (QED) is 0.655. The van der Waals surface area contributed by atoms with Crippen LogP contribution in [0, 0.1) is 20.8 Å². The van der Waals surface area contributed by atoms with Crippen LogP contribution >= 0.6 is 0 Å². The molecule has 0 unspecified atom stereocenters. The normalized spacial score (nSPS) is 10.0. The van der Waals surface area contributed by atoms with E-state index in [1.54, 1.807) is 0 Å². The third-order valence-corrected chi connectivity index (χ3v) is 1.96. The molecule has 0 saturated carbocycles. The van der Waals surface area contributed by atoms with Gasteiger partial charge in [0.15, 0.2) is 0 Å². The standard InChI is InChI=1S/C10H16N2/c1-7-4-8(2)10(12-6-11)9(3)5-7/h4-5,12H,6,11H2,1-3H3. The number of hydrogen-bond acceptors (Lipinski definition) is 2. The van der Waals surface area contributed by atoms with Crippen LogP contribution in [0.15, 0.2) is 12.1 Å². The predicted octanol–water partition coefficient (Wildman–Crippen LogP) is 1.94. The van der Waals surface area contributed by atoms with Crippen LogP contribution in [0.2, 0.25) is 0 Å². The monoisotopic (exact) mass is 164 g/mol. The number of benzene rings is 1. The first kappa shape index (κ1) is 9.07. The van der Waals surface area contributed by atoms with Gasteiger partial charge in [-0.15, -0.1) is 0 Å². The molecule has 1 aromatic carbocycles. The van der Waals surface area contributed by atoms with Crippen molar-refractivity contribution >= 4 is 5.69 Å². The lowest BCUT2D eigenvalue weighted by Gasteiger charge is -2.11. The van der Waals surface area contributed by atoms with Crippen LogP contribution in [0.1, 0.15) is 16.7 Å². The second-order valence-electron chi connectivity index (χ2n) is 3.15. The van der Waals surface area contributed by atoms with Crippen molar-refractivity contribution in [1.82, 2.24) is 0 Å². The predicted molar refractivity (Wildman–Crippen MR) is 53.3 cm³/mol. The molecule has 0 atom stereocenters. The largest absolute Gasteiger partial charge is 0.372 e. The zero-order valence-corrected chi connectivity index (χ0v) is 7.94. The summed E-state index contributed by atoms with van der Waals surface area (Å²) in [6.07, 6.45) is 0. The van der Waals surface area contributed by atoms with Gasteiger partial charge in [-0.05, 0) is 31.9 Å². The minimum atomic E-state index is 0.491. The molecule has 0 aromatic heterocycles. The summed E-state index contributed by atoms with van der Waals surface area (Å²) < 4.78 is 0. The van der Waals surface area contributed by atoms with Crippen LogP contribution in [-0.4, -0.2) is 6.67 Å². The maximum absolute atomic E-state index is 5.43. The summed E-state index contributed by atoms with van der Waals surface area (Å²) in [6.45, 7) is 6.78. The maximum Gasteiger partial charge on any atom is 0.0628 e. The van der Waals surface area contributed by atoms with Crippen molar-refractivity contribution in [2.75, 3.05) is 12.0 Å². The van der Waals surface area contributed by atoms with Crippen molar-refractivity contribution in [3.63, 3.8) is 0 Å². The molecule has 0 heterocycles. The first-order valence-electron chi connectivity index (χ1n) is 4.17. The highest BCUT2D eigenvalue weighted by atomic mass is 15.0. The Kier molecular flexibility index (Phi) is 2.71. The number of hydrogen-bond donors (Lipinski definition) is 2. The van der Waals surface area contributed by atoms with E-state index in [0.717, 1.165) is 0 Å². The number of anilines is 1. The fourth-order valence-electron chi connectivity index (χ4n) is 1.56. The molecule has 0 amide bonds. The van der Waals surface area contributed by atoms with Crippen LogP contribution in [0.5, 0.6) is 0 Å². The van der Waals surface area contributed by atoms with Gasteiger partial charge in [0.05, 0.1) is 6.67 Å². The minimum Gasteiger partial charge on any atom is -0.372 e. The highest BCUT2D eigenvalue weighted by Gasteiger charge is 2.00. The van der Waals surface area contributed by atoms with Crippen LogP contribution in [-0.2, 0) is 0 Å². The third kappa shape index (κ3) is 1.77. The summed E-state index contributed by atoms with van der Waals surface area (Å²) in [5.41, 5.74) is 10.4. The molecule has 0 radical (unpaired) electrons. The van der Waals surface area contributed by atoms with Crippen molar-refractivity contribution < 1.29 is 0 Å². The Morgan fingerprint density at radius 3 is 2.08 bits per heavy atom. The number of rotatable bonds is 2. The van der Waals surface area contributed by atoms with E-state index in [1.807, 2.05) is 0 Å². The van der Waals surface area contributed by atoms with Gasteiger partial charge in [-0.2, -0.15) is 0 Å². The fraction of sp³-hybridized carbons (Fsp3) is 0.400. The van der Waals surface area contributed by atoms with Gasteiger partial charge < -0.3 is 11.1 Å². The second-order valence-corrected chi connectivity index (χ2v) is 3.15. The highest BCUT2D eigenvalue weighted by Crippen LogP contribution is 2.20. The Morgan fingerprint density at radius 2 is 1.67 bits per heavy atom. The number of nitrogens with two attached hydrogens (primary N) is 1. The van der Waals surface area contributed by atoms with Gasteiger partial charge in [0, 0.05) is 5.69 Å². The molecule has 0 aliphatic carbocycles. The molecule has 3 N–H and O–H groups in total. The number of nitrogens with one attached hydrogen (secondary N) is 1. The summed E-state index contributed by atoms with van der Waals surface area (Å²) in [6, 6.07) is 4.32. The Labute approximate surface area is 73.8 Å². The Bertz CT molecular complexity index is 256. The molecule has 0 spiro atoms. The third-order valence-electron chi connectivity index (χ3n) is 1.96. The Hall–Kier alpha value is -1.02. The molecule has 0 fully saturated rings. The molecule has 2 nitrogen and oxygen atoms in total. The van der Waals surface area contributed by atoms with E-state index in [4.69, 9.17) is 5.73 Å². The molecule has 1 rings (SSSR count). The molecule has 12 heavy (non-hydrogen) atoms. The van der Waals surface area contributed by atoms with Crippen LogP contribution in [0.25, 0.3) is 0 Å². The average Bonchev–Trinajstić information content (AvgIpc) is 1.96. The summed E-state index contributed by atoms with van der Waals surface area (Å²) in [4.78, 5) is 0. The first-order valence-corrected chi connectivity index (χ1v) is 4.17. The molecular weight excluding hydrogens is 148 g/mol. The van der Waals surface area contributed by atoms with Crippen molar-refractivity contribution in [1.29, 1.82) is 0 Å². The first-order chi connectivity index (χ1) is 5.65.